The minimum atomic E-state index is -1.60. The molecule has 0 bridgehead atoms. The van der Waals surface area contributed by atoms with Gasteiger partial charge in [0.05, 0.1) is 16.7 Å². The molecule has 4 amide bonds. The fourth-order valence-corrected chi connectivity index (χ4v) is 5.38. The minimum Gasteiger partial charge on any atom is -0.367 e. The van der Waals surface area contributed by atoms with Crippen molar-refractivity contribution >= 4 is 34.9 Å². The Hall–Kier alpha value is -3.75. The number of amides is 4. The predicted octanol–water partition coefficient (Wildman–Crippen LogP) is 4.50. The van der Waals surface area contributed by atoms with Crippen LogP contribution in [0.15, 0.2) is 42.5 Å². The summed E-state index contributed by atoms with van der Waals surface area (Å²) in [6, 6.07) is 10.4. The first kappa shape index (κ1) is 24.4. The molecule has 1 saturated heterocycles. The predicted molar refractivity (Wildman–Crippen MR) is 132 cm³/mol. The van der Waals surface area contributed by atoms with Crippen molar-refractivity contribution in [2.75, 3.05) is 16.3 Å². The van der Waals surface area contributed by atoms with Crippen molar-refractivity contribution in [3.63, 3.8) is 0 Å². The Balaban J connectivity index is 1.93. The zero-order chi connectivity index (χ0) is 25.3. The summed E-state index contributed by atoms with van der Waals surface area (Å²) < 4.78 is 0. The molecule has 0 aliphatic carbocycles. The molecule has 4 rings (SSSR count). The van der Waals surface area contributed by atoms with Crippen LogP contribution in [0.4, 0.5) is 21.9 Å². The van der Waals surface area contributed by atoms with Crippen molar-refractivity contribution in [2.24, 2.45) is 5.41 Å². The SMILES string of the molecule is CCCCN1c2ccc([N+](=O)[O-])cc2C[C@@]2(C(=O)NC(=O)N(c3ccccc3C)C2=O)[C@H]1CCC. The number of nitrogens with zero attached hydrogens (tertiary/aromatic N) is 3. The van der Waals surface area contributed by atoms with Gasteiger partial charge >= 0.3 is 6.03 Å². The van der Waals surface area contributed by atoms with Crippen LogP contribution in [0.25, 0.3) is 0 Å². The maximum atomic E-state index is 14.3. The summed E-state index contributed by atoms with van der Waals surface area (Å²) in [7, 11) is 0. The van der Waals surface area contributed by atoms with E-state index in [1.807, 2.05) is 13.0 Å². The fourth-order valence-electron chi connectivity index (χ4n) is 5.38. The number of carbonyl (C=O) groups is 3. The van der Waals surface area contributed by atoms with Crippen LogP contribution in [-0.4, -0.2) is 35.4 Å². The number of benzene rings is 2. The number of fused-ring (bicyclic) bond motifs is 1. The molecule has 2 aliphatic heterocycles. The van der Waals surface area contributed by atoms with Crippen LogP contribution < -0.4 is 15.1 Å². The molecule has 0 saturated carbocycles. The summed E-state index contributed by atoms with van der Waals surface area (Å²) >= 11 is 0. The molecule has 2 aromatic rings. The third-order valence-corrected chi connectivity index (χ3v) is 7.08. The third kappa shape index (κ3) is 3.94. The Morgan fingerprint density at radius 2 is 1.83 bits per heavy atom. The van der Waals surface area contributed by atoms with Crippen LogP contribution in [-0.2, 0) is 16.0 Å². The number of nitro groups is 1. The molecule has 1 fully saturated rings. The standard InChI is InChI=1S/C26H30N4O5/c1-4-6-14-28-21-13-12-19(30(34)35)15-18(21)16-26(22(28)9-5-2)23(31)27-25(33)29(24(26)32)20-11-8-7-10-17(20)3/h7-8,10-13,15,22H,4-6,9,14,16H2,1-3H3,(H,27,31,33)/t22-,26+/m1/s1. The van der Waals surface area contributed by atoms with E-state index >= 15 is 0 Å². The lowest BCUT2D eigenvalue weighted by atomic mass is 9.67. The van der Waals surface area contributed by atoms with Gasteiger partial charge < -0.3 is 4.90 Å². The largest absolute Gasteiger partial charge is 0.367 e. The van der Waals surface area contributed by atoms with Crippen LogP contribution >= 0.6 is 0 Å². The zero-order valence-corrected chi connectivity index (χ0v) is 20.2. The van der Waals surface area contributed by atoms with Gasteiger partial charge in [-0.2, -0.15) is 0 Å². The zero-order valence-electron chi connectivity index (χ0n) is 20.2. The number of urea groups is 1. The highest BCUT2D eigenvalue weighted by molar-refractivity contribution is 6.31. The van der Waals surface area contributed by atoms with Crippen molar-refractivity contribution in [2.45, 2.75) is 58.9 Å². The lowest BCUT2D eigenvalue weighted by Gasteiger charge is -2.52. The van der Waals surface area contributed by atoms with Gasteiger partial charge in [0.15, 0.2) is 5.41 Å². The second-order valence-electron chi connectivity index (χ2n) is 9.26. The molecule has 2 atom stereocenters. The average molecular weight is 479 g/mol. The third-order valence-electron chi connectivity index (χ3n) is 7.08. The van der Waals surface area contributed by atoms with Gasteiger partial charge in [-0.15, -0.1) is 0 Å². The molecular weight excluding hydrogens is 448 g/mol. The molecule has 35 heavy (non-hydrogen) atoms. The van der Waals surface area contributed by atoms with Gasteiger partial charge in [0.2, 0.25) is 5.91 Å². The Bertz CT molecular complexity index is 1200. The van der Waals surface area contributed by atoms with Crippen LogP contribution in [0.3, 0.4) is 0 Å². The second kappa shape index (κ2) is 9.48. The minimum absolute atomic E-state index is 0.0162. The molecule has 1 spiro atoms. The second-order valence-corrected chi connectivity index (χ2v) is 9.26. The number of hydrogen-bond acceptors (Lipinski definition) is 6. The van der Waals surface area contributed by atoms with Gasteiger partial charge in [0.1, 0.15) is 0 Å². The molecule has 184 valence electrons. The van der Waals surface area contributed by atoms with Gasteiger partial charge in [-0.1, -0.05) is 44.9 Å². The van der Waals surface area contributed by atoms with E-state index in [0.717, 1.165) is 35.4 Å². The molecule has 2 aliphatic rings. The number of anilines is 2. The highest BCUT2D eigenvalue weighted by atomic mass is 16.6. The number of hydrogen-bond donors (Lipinski definition) is 1. The van der Waals surface area contributed by atoms with E-state index in [0.29, 0.717) is 24.2 Å². The monoisotopic (exact) mass is 478 g/mol. The topological polar surface area (TPSA) is 113 Å². The highest BCUT2D eigenvalue weighted by Gasteiger charge is 2.62. The number of nitrogens with one attached hydrogen (secondary N) is 1. The van der Waals surface area contributed by atoms with E-state index in [1.165, 1.54) is 12.1 Å². The Morgan fingerprint density at radius 1 is 1.09 bits per heavy atom. The maximum absolute atomic E-state index is 14.3. The maximum Gasteiger partial charge on any atom is 0.335 e. The van der Waals surface area contributed by atoms with E-state index in [1.54, 1.807) is 31.2 Å². The lowest BCUT2D eigenvalue weighted by Crippen LogP contribution is -2.72. The van der Waals surface area contributed by atoms with E-state index in [4.69, 9.17) is 0 Å². The number of non-ortho nitro benzene ring substituents is 1. The lowest BCUT2D eigenvalue weighted by molar-refractivity contribution is -0.384. The smallest absolute Gasteiger partial charge is 0.335 e. The molecule has 0 aromatic heterocycles. The van der Waals surface area contributed by atoms with Gasteiger partial charge in [0, 0.05) is 30.8 Å². The summed E-state index contributed by atoms with van der Waals surface area (Å²) in [6.07, 6.45) is 2.98. The summed E-state index contributed by atoms with van der Waals surface area (Å²) in [6.45, 7) is 6.44. The quantitative estimate of drug-likeness (QED) is 0.356. The number of carbonyl (C=O) groups excluding carboxylic acids is 3. The number of aryl methyl sites for hydroxylation is 1. The highest BCUT2D eigenvalue weighted by Crippen LogP contribution is 2.47. The van der Waals surface area contributed by atoms with Crippen molar-refractivity contribution in [1.29, 1.82) is 0 Å². The van der Waals surface area contributed by atoms with Gasteiger partial charge in [0.25, 0.3) is 11.6 Å². The number of nitro benzene ring substituents is 1. The molecule has 0 unspecified atom stereocenters. The number of imide groups is 2. The number of unbranched alkanes of at least 4 members (excludes halogenated alkanes) is 1. The number of rotatable bonds is 7. The Labute approximate surface area is 204 Å². The van der Waals surface area contributed by atoms with E-state index in [2.05, 4.69) is 17.1 Å². The van der Waals surface area contributed by atoms with E-state index < -0.39 is 34.2 Å². The first-order valence-corrected chi connectivity index (χ1v) is 12.1. The van der Waals surface area contributed by atoms with Crippen LogP contribution in [0.2, 0.25) is 0 Å². The van der Waals surface area contributed by atoms with Gasteiger partial charge in [-0.25, -0.2) is 9.69 Å². The first-order valence-electron chi connectivity index (χ1n) is 12.1. The first-order chi connectivity index (χ1) is 16.8. The molecule has 2 aromatic carbocycles. The van der Waals surface area contributed by atoms with E-state index in [-0.39, 0.29) is 12.1 Å². The Kier molecular flexibility index (Phi) is 6.60. The van der Waals surface area contributed by atoms with Crippen molar-refractivity contribution in [3.8, 4) is 0 Å². The summed E-state index contributed by atoms with van der Waals surface area (Å²) in [5, 5.41) is 14.0. The molecular formula is C26H30N4O5. The molecule has 0 radical (unpaired) electrons. The average Bonchev–Trinajstić information content (AvgIpc) is 2.83. The van der Waals surface area contributed by atoms with Gasteiger partial charge in [-0.3, -0.25) is 25.0 Å². The molecule has 1 N–H and O–H groups in total. The number of barbiturate groups is 1. The van der Waals surface area contributed by atoms with Crippen LogP contribution in [0.5, 0.6) is 0 Å². The van der Waals surface area contributed by atoms with Crippen molar-refractivity contribution in [3.05, 3.63) is 63.7 Å². The van der Waals surface area contributed by atoms with Crippen LogP contribution in [0, 0.1) is 22.5 Å². The molecule has 9 heteroatoms. The van der Waals surface area contributed by atoms with Gasteiger partial charge in [-0.05, 0) is 43.0 Å². The molecule has 9 nitrogen and oxygen atoms in total. The molecule has 2 heterocycles. The Morgan fingerprint density at radius 3 is 2.49 bits per heavy atom. The van der Waals surface area contributed by atoms with Crippen LogP contribution in [0.1, 0.15) is 50.7 Å². The number of para-hydroxylation sites is 1. The normalized spacial score (nSPS) is 21.8. The fraction of sp³-hybridized carbons (Fsp3) is 0.423. The van der Waals surface area contributed by atoms with E-state index in [9.17, 15) is 24.5 Å². The summed E-state index contributed by atoms with van der Waals surface area (Å²) in [5.74, 6) is -1.23. The van der Waals surface area contributed by atoms with Crippen molar-refractivity contribution in [1.82, 2.24) is 5.32 Å². The summed E-state index contributed by atoms with van der Waals surface area (Å²) in [5.41, 5.74) is 0.809. The summed E-state index contributed by atoms with van der Waals surface area (Å²) in [4.78, 5) is 55.1. The van der Waals surface area contributed by atoms with Crippen molar-refractivity contribution < 1.29 is 19.3 Å².